The number of hydrogen-bond acceptors (Lipinski definition) is 3. The average Bonchev–Trinajstić information content (AvgIpc) is 2.73. The summed E-state index contributed by atoms with van der Waals surface area (Å²) in [7, 11) is -3.38. The van der Waals surface area contributed by atoms with Gasteiger partial charge in [0.1, 0.15) is 0 Å². The van der Waals surface area contributed by atoms with Crippen molar-refractivity contribution in [2.75, 3.05) is 6.54 Å². The minimum Gasteiger partial charge on any atom is -0.328 e. The Bertz CT molecular complexity index is 513. The van der Waals surface area contributed by atoms with Gasteiger partial charge in [0.15, 0.2) is 0 Å². The molecule has 0 bridgehead atoms. The molecule has 1 aliphatic carbocycles. The van der Waals surface area contributed by atoms with E-state index < -0.39 is 10.0 Å². The first-order chi connectivity index (χ1) is 8.47. The van der Waals surface area contributed by atoms with Gasteiger partial charge in [0.2, 0.25) is 10.0 Å². The Morgan fingerprint density at radius 3 is 2.78 bits per heavy atom. The van der Waals surface area contributed by atoms with E-state index >= 15 is 0 Å². The lowest BCUT2D eigenvalue weighted by atomic mass is 10.1. The van der Waals surface area contributed by atoms with E-state index in [1.54, 1.807) is 18.2 Å². The van der Waals surface area contributed by atoms with Crippen LogP contribution in [0.15, 0.2) is 29.2 Å². The fourth-order valence-electron chi connectivity index (χ4n) is 2.39. The van der Waals surface area contributed by atoms with Crippen LogP contribution in [0.2, 0.25) is 0 Å². The Morgan fingerprint density at radius 1 is 1.39 bits per heavy atom. The van der Waals surface area contributed by atoms with Crippen LogP contribution in [0.3, 0.4) is 0 Å². The SMILES string of the molecule is Cc1cccc(S(=O)(=O)NCC2CCC(N)C2)c1. The summed E-state index contributed by atoms with van der Waals surface area (Å²) in [6, 6.07) is 7.18. The molecule has 1 saturated carbocycles. The summed E-state index contributed by atoms with van der Waals surface area (Å²) in [5, 5.41) is 0. The lowest BCUT2D eigenvalue weighted by Crippen LogP contribution is -2.29. The predicted molar refractivity (Wildman–Crippen MR) is 71.7 cm³/mol. The summed E-state index contributed by atoms with van der Waals surface area (Å²) in [5.74, 6) is 0.375. The number of hydrogen-bond donors (Lipinski definition) is 2. The third kappa shape index (κ3) is 3.31. The van der Waals surface area contributed by atoms with Gasteiger partial charge >= 0.3 is 0 Å². The molecule has 1 aliphatic rings. The molecule has 5 heteroatoms. The Balaban J connectivity index is 1.99. The molecule has 2 rings (SSSR count). The summed E-state index contributed by atoms with van der Waals surface area (Å²) in [5.41, 5.74) is 6.76. The molecule has 100 valence electrons. The lowest BCUT2D eigenvalue weighted by molar-refractivity contribution is 0.512. The second-order valence-electron chi connectivity index (χ2n) is 5.11. The Kier molecular flexibility index (Phi) is 4.04. The summed E-state index contributed by atoms with van der Waals surface area (Å²) in [6.07, 6.45) is 2.92. The van der Waals surface area contributed by atoms with Gasteiger partial charge in [-0.15, -0.1) is 0 Å². The molecule has 4 nitrogen and oxygen atoms in total. The first kappa shape index (κ1) is 13.5. The van der Waals surface area contributed by atoms with Crippen LogP contribution in [0.5, 0.6) is 0 Å². The van der Waals surface area contributed by atoms with E-state index in [9.17, 15) is 8.42 Å². The standard InChI is InChI=1S/C13H20N2O2S/c1-10-3-2-4-13(7-10)18(16,17)15-9-11-5-6-12(14)8-11/h2-4,7,11-12,15H,5-6,8-9,14H2,1H3. The van der Waals surface area contributed by atoms with Crippen molar-refractivity contribution in [3.63, 3.8) is 0 Å². The van der Waals surface area contributed by atoms with Crippen LogP contribution in [0.25, 0.3) is 0 Å². The number of sulfonamides is 1. The molecule has 1 aromatic rings. The van der Waals surface area contributed by atoms with Crippen LogP contribution in [0.1, 0.15) is 24.8 Å². The Morgan fingerprint density at radius 2 is 2.17 bits per heavy atom. The van der Waals surface area contributed by atoms with E-state index in [1.807, 2.05) is 13.0 Å². The van der Waals surface area contributed by atoms with Gasteiger partial charge in [0, 0.05) is 12.6 Å². The molecule has 1 fully saturated rings. The quantitative estimate of drug-likeness (QED) is 0.867. The number of benzene rings is 1. The third-order valence-electron chi connectivity index (χ3n) is 3.44. The molecule has 2 atom stereocenters. The molecule has 0 amide bonds. The zero-order chi connectivity index (χ0) is 13.2. The van der Waals surface area contributed by atoms with Crippen molar-refractivity contribution in [2.45, 2.75) is 37.1 Å². The average molecular weight is 268 g/mol. The van der Waals surface area contributed by atoms with Gasteiger partial charge in [0.05, 0.1) is 4.90 Å². The number of nitrogens with two attached hydrogens (primary N) is 1. The predicted octanol–water partition coefficient (Wildman–Crippen LogP) is 1.40. The van der Waals surface area contributed by atoms with Crippen molar-refractivity contribution in [2.24, 2.45) is 11.7 Å². The zero-order valence-electron chi connectivity index (χ0n) is 10.6. The van der Waals surface area contributed by atoms with Crippen LogP contribution in [0.4, 0.5) is 0 Å². The van der Waals surface area contributed by atoms with Crippen molar-refractivity contribution in [3.05, 3.63) is 29.8 Å². The monoisotopic (exact) mass is 268 g/mol. The molecule has 0 aliphatic heterocycles. The van der Waals surface area contributed by atoms with Crippen LogP contribution < -0.4 is 10.5 Å². The highest BCUT2D eigenvalue weighted by atomic mass is 32.2. The molecule has 0 spiro atoms. The molecule has 0 saturated heterocycles. The van der Waals surface area contributed by atoms with E-state index in [2.05, 4.69) is 4.72 Å². The molecular weight excluding hydrogens is 248 g/mol. The van der Waals surface area contributed by atoms with Crippen molar-refractivity contribution in [3.8, 4) is 0 Å². The normalized spacial score (nSPS) is 24.3. The van der Waals surface area contributed by atoms with E-state index in [-0.39, 0.29) is 6.04 Å². The Labute approximate surface area is 109 Å². The van der Waals surface area contributed by atoms with Gasteiger partial charge in [-0.2, -0.15) is 0 Å². The minimum absolute atomic E-state index is 0.235. The van der Waals surface area contributed by atoms with Crippen LogP contribution in [-0.2, 0) is 10.0 Å². The van der Waals surface area contributed by atoms with Crippen molar-refractivity contribution >= 4 is 10.0 Å². The molecule has 0 aromatic heterocycles. The van der Waals surface area contributed by atoms with Crippen LogP contribution in [0, 0.1) is 12.8 Å². The maximum Gasteiger partial charge on any atom is 0.240 e. The fourth-order valence-corrected chi connectivity index (χ4v) is 3.61. The first-order valence-electron chi connectivity index (χ1n) is 6.29. The summed E-state index contributed by atoms with van der Waals surface area (Å²) >= 11 is 0. The number of aryl methyl sites for hydroxylation is 1. The van der Waals surface area contributed by atoms with Crippen molar-refractivity contribution < 1.29 is 8.42 Å². The smallest absolute Gasteiger partial charge is 0.240 e. The van der Waals surface area contributed by atoms with Crippen LogP contribution >= 0.6 is 0 Å². The second-order valence-corrected chi connectivity index (χ2v) is 6.87. The van der Waals surface area contributed by atoms with E-state index in [0.29, 0.717) is 17.4 Å². The molecule has 3 N–H and O–H groups in total. The first-order valence-corrected chi connectivity index (χ1v) is 7.77. The largest absolute Gasteiger partial charge is 0.328 e. The highest BCUT2D eigenvalue weighted by Gasteiger charge is 2.23. The topological polar surface area (TPSA) is 72.2 Å². The molecule has 1 aromatic carbocycles. The van der Waals surface area contributed by atoms with Gasteiger partial charge < -0.3 is 5.73 Å². The molecule has 18 heavy (non-hydrogen) atoms. The number of nitrogens with one attached hydrogen (secondary N) is 1. The van der Waals surface area contributed by atoms with Gasteiger partial charge in [-0.05, 0) is 49.8 Å². The van der Waals surface area contributed by atoms with E-state index in [1.165, 1.54) is 0 Å². The zero-order valence-corrected chi connectivity index (χ0v) is 11.4. The molecule has 0 heterocycles. The van der Waals surface area contributed by atoms with E-state index in [0.717, 1.165) is 24.8 Å². The van der Waals surface area contributed by atoms with Crippen molar-refractivity contribution in [1.29, 1.82) is 0 Å². The third-order valence-corrected chi connectivity index (χ3v) is 4.86. The van der Waals surface area contributed by atoms with E-state index in [4.69, 9.17) is 5.73 Å². The highest BCUT2D eigenvalue weighted by molar-refractivity contribution is 7.89. The summed E-state index contributed by atoms with van der Waals surface area (Å²) in [4.78, 5) is 0.338. The molecule has 2 unspecified atom stereocenters. The maximum atomic E-state index is 12.1. The molecule has 0 radical (unpaired) electrons. The minimum atomic E-state index is -3.38. The van der Waals surface area contributed by atoms with Gasteiger partial charge in [0.25, 0.3) is 0 Å². The summed E-state index contributed by atoms with van der Waals surface area (Å²) < 4.78 is 26.8. The maximum absolute atomic E-state index is 12.1. The summed E-state index contributed by atoms with van der Waals surface area (Å²) in [6.45, 7) is 2.37. The lowest BCUT2D eigenvalue weighted by Gasteiger charge is -2.12. The van der Waals surface area contributed by atoms with Gasteiger partial charge in [-0.3, -0.25) is 0 Å². The second kappa shape index (κ2) is 5.38. The van der Waals surface area contributed by atoms with Gasteiger partial charge in [-0.25, -0.2) is 13.1 Å². The van der Waals surface area contributed by atoms with Gasteiger partial charge in [-0.1, -0.05) is 12.1 Å². The number of rotatable bonds is 4. The van der Waals surface area contributed by atoms with Crippen molar-refractivity contribution in [1.82, 2.24) is 4.72 Å². The molecular formula is C13H20N2O2S. The fraction of sp³-hybridized carbons (Fsp3) is 0.538. The Hall–Kier alpha value is -0.910. The van der Waals surface area contributed by atoms with Crippen LogP contribution in [-0.4, -0.2) is 21.0 Å². The highest BCUT2D eigenvalue weighted by Crippen LogP contribution is 2.23.